The number of rotatable bonds is 5. The van der Waals surface area contributed by atoms with Gasteiger partial charge in [0, 0.05) is 18.7 Å². The minimum Gasteiger partial charge on any atom is -0.462 e. The van der Waals surface area contributed by atoms with Crippen LogP contribution in [0.3, 0.4) is 0 Å². The van der Waals surface area contributed by atoms with E-state index in [1.54, 1.807) is 18.7 Å². The number of aryl methyl sites for hydroxylation is 3. The van der Waals surface area contributed by atoms with Crippen LogP contribution in [-0.4, -0.2) is 35.9 Å². The van der Waals surface area contributed by atoms with E-state index in [1.807, 2.05) is 32.0 Å². The molecule has 2 amide bonds. The van der Waals surface area contributed by atoms with Gasteiger partial charge in [-0.15, -0.1) is 0 Å². The van der Waals surface area contributed by atoms with Crippen LogP contribution in [0.5, 0.6) is 0 Å². The molecule has 2 aromatic rings. The fraction of sp³-hybridized carbons (Fsp3) is 0.400. The second-order valence-corrected chi connectivity index (χ2v) is 7.89. The van der Waals surface area contributed by atoms with Gasteiger partial charge >= 0.3 is 5.97 Å². The Labute approximate surface area is 167 Å². The lowest BCUT2D eigenvalue weighted by atomic mass is 10.1. The van der Waals surface area contributed by atoms with Gasteiger partial charge in [0.05, 0.1) is 18.2 Å². The third-order valence-electron chi connectivity index (χ3n) is 4.50. The molecule has 1 unspecified atom stereocenters. The second-order valence-electron chi connectivity index (χ2n) is 6.89. The molecule has 1 aromatic heterocycles. The molecule has 3 rings (SSSR count). The molecule has 0 aliphatic carbocycles. The normalized spacial score (nSPS) is 16.4. The summed E-state index contributed by atoms with van der Waals surface area (Å²) in [6, 6.07) is 5.93. The van der Waals surface area contributed by atoms with Gasteiger partial charge in [0.1, 0.15) is 4.88 Å². The van der Waals surface area contributed by atoms with E-state index >= 15 is 0 Å². The standard InChI is InChI=1S/C20H23N3O4S/c1-5-27-19(26)17-13(4)21-20(28-17)22-18(25)14-9-16(24)23(10-14)15-7-11(2)6-12(3)8-15/h6-8,14H,5,9-10H2,1-4H3,(H,21,22,25). The monoisotopic (exact) mass is 401 g/mol. The average molecular weight is 401 g/mol. The molecule has 1 atom stereocenters. The van der Waals surface area contributed by atoms with E-state index in [4.69, 9.17) is 4.74 Å². The summed E-state index contributed by atoms with van der Waals surface area (Å²) in [4.78, 5) is 43.3. The van der Waals surface area contributed by atoms with Crippen molar-refractivity contribution in [2.75, 3.05) is 23.4 Å². The molecule has 1 saturated heterocycles. The summed E-state index contributed by atoms with van der Waals surface area (Å²) in [7, 11) is 0. The highest BCUT2D eigenvalue weighted by Crippen LogP contribution is 2.29. The predicted molar refractivity (Wildman–Crippen MR) is 108 cm³/mol. The smallest absolute Gasteiger partial charge is 0.350 e. The Hall–Kier alpha value is -2.74. The largest absolute Gasteiger partial charge is 0.462 e. The molecule has 0 saturated carbocycles. The van der Waals surface area contributed by atoms with Gasteiger partial charge in [-0.05, 0) is 51.0 Å². The summed E-state index contributed by atoms with van der Waals surface area (Å²) >= 11 is 1.08. The maximum atomic E-state index is 12.6. The first-order valence-electron chi connectivity index (χ1n) is 9.12. The van der Waals surface area contributed by atoms with Crippen LogP contribution < -0.4 is 10.2 Å². The number of esters is 1. The van der Waals surface area contributed by atoms with Gasteiger partial charge in [0.2, 0.25) is 11.8 Å². The van der Waals surface area contributed by atoms with Crippen molar-refractivity contribution in [1.29, 1.82) is 0 Å². The van der Waals surface area contributed by atoms with E-state index < -0.39 is 11.9 Å². The van der Waals surface area contributed by atoms with Crippen molar-refractivity contribution >= 4 is 39.9 Å². The van der Waals surface area contributed by atoms with Gasteiger partial charge in [-0.25, -0.2) is 9.78 Å². The number of hydrogen-bond acceptors (Lipinski definition) is 6. The predicted octanol–water partition coefficient (Wildman–Crippen LogP) is 3.24. The molecule has 0 bridgehead atoms. The summed E-state index contributed by atoms with van der Waals surface area (Å²) < 4.78 is 4.99. The number of hydrogen-bond donors (Lipinski definition) is 1. The van der Waals surface area contributed by atoms with Crippen molar-refractivity contribution in [3.63, 3.8) is 0 Å². The number of carbonyl (C=O) groups excluding carboxylic acids is 3. The number of amides is 2. The summed E-state index contributed by atoms with van der Waals surface area (Å²) in [6.45, 7) is 7.98. The highest BCUT2D eigenvalue weighted by Gasteiger charge is 2.35. The SMILES string of the molecule is CCOC(=O)c1sc(NC(=O)C2CC(=O)N(c3cc(C)cc(C)c3)C2)nc1C. The Morgan fingerprint density at radius 2 is 1.93 bits per heavy atom. The van der Waals surface area contributed by atoms with Crippen molar-refractivity contribution in [2.45, 2.75) is 34.1 Å². The van der Waals surface area contributed by atoms with Gasteiger partial charge in [-0.1, -0.05) is 17.4 Å². The van der Waals surface area contributed by atoms with Gasteiger partial charge < -0.3 is 15.0 Å². The summed E-state index contributed by atoms with van der Waals surface area (Å²) in [6.07, 6.45) is 0.147. The van der Waals surface area contributed by atoms with E-state index in [2.05, 4.69) is 10.3 Å². The maximum absolute atomic E-state index is 12.6. The fourth-order valence-corrected chi connectivity index (χ4v) is 4.15. The second kappa shape index (κ2) is 8.10. The molecular formula is C20H23N3O4S. The first-order chi connectivity index (χ1) is 13.3. The molecule has 1 aliphatic heterocycles. The van der Waals surface area contributed by atoms with Gasteiger partial charge in [0.15, 0.2) is 5.13 Å². The van der Waals surface area contributed by atoms with E-state index in [0.717, 1.165) is 28.2 Å². The lowest BCUT2D eigenvalue weighted by Gasteiger charge is -2.18. The number of thiazole rings is 1. The van der Waals surface area contributed by atoms with Crippen LogP contribution in [-0.2, 0) is 14.3 Å². The minimum atomic E-state index is -0.469. The third-order valence-corrected chi connectivity index (χ3v) is 5.55. The maximum Gasteiger partial charge on any atom is 0.350 e. The molecule has 148 valence electrons. The highest BCUT2D eigenvalue weighted by molar-refractivity contribution is 7.17. The molecule has 1 fully saturated rings. The molecule has 1 aliphatic rings. The molecule has 2 heterocycles. The number of carbonyl (C=O) groups is 3. The molecular weight excluding hydrogens is 378 g/mol. The number of aromatic nitrogens is 1. The van der Waals surface area contributed by atoms with Crippen molar-refractivity contribution < 1.29 is 19.1 Å². The average Bonchev–Trinajstić information content (AvgIpc) is 3.17. The van der Waals surface area contributed by atoms with Crippen LogP contribution in [0.25, 0.3) is 0 Å². The van der Waals surface area contributed by atoms with Crippen LogP contribution in [0.4, 0.5) is 10.8 Å². The molecule has 0 radical (unpaired) electrons. The van der Waals surface area contributed by atoms with Crippen LogP contribution in [0.15, 0.2) is 18.2 Å². The summed E-state index contributed by atoms with van der Waals surface area (Å²) in [5.74, 6) is -1.27. The lowest BCUT2D eigenvalue weighted by Crippen LogP contribution is -2.28. The minimum absolute atomic E-state index is 0.0762. The van der Waals surface area contributed by atoms with Gasteiger partial charge in [-0.2, -0.15) is 0 Å². The zero-order chi connectivity index (χ0) is 20.4. The van der Waals surface area contributed by atoms with Crippen LogP contribution >= 0.6 is 11.3 Å². The fourth-order valence-electron chi connectivity index (χ4n) is 3.28. The van der Waals surface area contributed by atoms with E-state index in [0.29, 0.717) is 22.2 Å². The number of anilines is 2. The van der Waals surface area contributed by atoms with E-state index in [1.165, 1.54) is 0 Å². The van der Waals surface area contributed by atoms with Crippen molar-refractivity contribution in [1.82, 2.24) is 4.98 Å². The third kappa shape index (κ3) is 4.22. The zero-order valence-electron chi connectivity index (χ0n) is 16.4. The number of ether oxygens (including phenoxy) is 1. The Morgan fingerprint density at radius 1 is 1.25 bits per heavy atom. The van der Waals surface area contributed by atoms with Crippen molar-refractivity contribution in [3.05, 3.63) is 39.9 Å². The molecule has 28 heavy (non-hydrogen) atoms. The van der Waals surface area contributed by atoms with E-state index in [9.17, 15) is 14.4 Å². The summed E-state index contributed by atoms with van der Waals surface area (Å²) in [5, 5.41) is 3.08. The molecule has 1 aromatic carbocycles. The summed E-state index contributed by atoms with van der Waals surface area (Å²) in [5.41, 5.74) is 3.46. The zero-order valence-corrected chi connectivity index (χ0v) is 17.2. The Bertz CT molecular complexity index is 917. The first-order valence-corrected chi connectivity index (χ1v) is 9.94. The van der Waals surface area contributed by atoms with Crippen molar-refractivity contribution in [3.8, 4) is 0 Å². The number of nitrogens with one attached hydrogen (secondary N) is 1. The Kier molecular flexibility index (Phi) is 5.79. The quantitative estimate of drug-likeness (QED) is 0.777. The molecule has 7 nitrogen and oxygen atoms in total. The molecule has 8 heteroatoms. The molecule has 1 N–H and O–H groups in total. The Morgan fingerprint density at radius 3 is 2.57 bits per heavy atom. The van der Waals surface area contributed by atoms with Crippen molar-refractivity contribution in [2.24, 2.45) is 5.92 Å². The van der Waals surface area contributed by atoms with Crippen LogP contribution in [0, 0.1) is 26.7 Å². The topological polar surface area (TPSA) is 88.6 Å². The van der Waals surface area contributed by atoms with Gasteiger partial charge in [-0.3, -0.25) is 9.59 Å². The van der Waals surface area contributed by atoms with Gasteiger partial charge in [0.25, 0.3) is 0 Å². The number of benzene rings is 1. The number of nitrogens with zero attached hydrogens (tertiary/aromatic N) is 2. The highest BCUT2D eigenvalue weighted by atomic mass is 32.1. The van der Waals surface area contributed by atoms with Crippen LogP contribution in [0.1, 0.15) is 39.8 Å². The molecule has 0 spiro atoms. The first kappa shape index (κ1) is 20.0. The van der Waals surface area contributed by atoms with E-state index in [-0.39, 0.29) is 24.8 Å². The lowest BCUT2D eigenvalue weighted by molar-refractivity contribution is -0.122. The Balaban J connectivity index is 1.70. The van der Waals surface area contributed by atoms with Crippen LogP contribution in [0.2, 0.25) is 0 Å².